The normalized spacial score (nSPS) is 16.6. The summed E-state index contributed by atoms with van der Waals surface area (Å²) >= 11 is 5.95. The van der Waals surface area contributed by atoms with Crippen molar-refractivity contribution >= 4 is 28.7 Å². The zero-order valence-electron chi connectivity index (χ0n) is 16.5. The van der Waals surface area contributed by atoms with E-state index in [0.29, 0.717) is 0 Å². The van der Waals surface area contributed by atoms with Gasteiger partial charge in [-0.25, -0.2) is 9.78 Å². The van der Waals surface area contributed by atoms with Crippen LogP contribution in [0, 0.1) is 0 Å². The summed E-state index contributed by atoms with van der Waals surface area (Å²) in [7, 11) is 0. The van der Waals surface area contributed by atoms with Crippen LogP contribution in [0.15, 0.2) is 48.5 Å². The van der Waals surface area contributed by atoms with Crippen molar-refractivity contribution in [1.29, 1.82) is 0 Å². The number of halogens is 1. The lowest BCUT2D eigenvalue weighted by Gasteiger charge is -2.32. The second-order valence-electron chi connectivity index (χ2n) is 7.66. The van der Waals surface area contributed by atoms with Crippen molar-refractivity contribution in [1.82, 2.24) is 25.5 Å². The van der Waals surface area contributed by atoms with Crippen molar-refractivity contribution < 1.29 is 4.79 Å². The number of likely N-dealkylation sites (tertiary alicyclic amines) is 1. The molecule has 0 aliphatic carbocycles. The average molecular weight is 412 g/mol. The molecule has 3 N–H and O–H groups in total. The molecule has 0 saturated carbocycles. The number of urea groups is 1. The topological polar surface area (TPSA) is 73.1 Å². The van der Waals surface area contributed by atoms with Crippen molar-refractivity contribution in [3.63, 3.8) is 0 Å². The number of H-pyrrole nitrogens is 1. The van der Waals surface area contributed by atoms with Gasteiger partial charge in [-0.1, -0.05) is 35.9 Å². The Balaban J connectivity index is 1.23. The number of carbonyl (C=O) groups is 1. The first kappa shape index (κ1) is 19.7. The molecule has 7 heteroatoms. The molecule has 3 aromatic rings. The first-order valence-corrected chi connectivity index (χ1v) is 10.4. The van der Waals surface area contributed by atoms with E-state index in [1.165, 1.54) is 5.56 Å². The minimum absolute atomic E-state index is 0.144. The van der Waals surface area contributed by atoms with Crippen LogP contribution in [-0.4, -0.2) is 40.0 Å². The third kappa shape index (κ3) is 5.08. The monoisotopic (exact) mass is 411 g/mol. The van der Waals surface area contributed by atoms with E-state index < -0.39 is 0 Å². The molecule has 0 radical (unpaired) electrons. The molecule has 152 valence electrons. The van der Waals surface area contributed by atoms with Gasteiger partial charge < -0.3 is 15.6 Å². The van der Waals surface area contributed by atoms with Crippen LogP contribution in [0.25, 0.3) is 11.0 Å². The first-order valence-electron chi connectivity index (χ1n) is 10.1. The molecule has 2 amide bonds. The van der Waals surface area contributed by atoms with Crippen molar-refractivity contribution in [3.8, 4) is 0 Å². The Kier molecular flexibility index (Phi) is 6.02. The third-order valence-corrected chi connectivity index (χ3v) is 5.66. The number of piperidine rings is 1. The maximum Gasteiger partial charge on any atom is 0.315 e. The van der Waals surface area contributed by atoms with Crippen molar-refractivity contribution in [3.05, 3.63) is 64.9 Å². The molecule has 1 unspecified atom stereocenters. The van der Waals surface area contributed by atoms with Crippen LogP contribution in [0.2, 0.25) is 5.02 Å². The van der Waals surface area contributed by atoms with Crippen LogP contribution in [0.5, 0.6) is 0 Å². The summed E-state index contributed by atoms with van der Waals surface area (Å²) in [4.78, 5) is 22.7. The predicted molar refractivity (Wildman–Crippen MR) is 116 cm³/mol. The molecule has 6 nitrogen and oxygen atoms in total. The highest BCUT2D eigenvalue weighted by Gasteiger charge is 2.22. The van der Waals surface area contributed by atoms with Gasteiger partial charge in [0.1, 0.15) is 5.82 Å². The van der Waals surface area contributed by atoms with Gasteiger partial charge in [0.05, 0.1) is 17.1 Å². The molecular weight excluding hydrogens is 386 g/mol. The molecule has 2 aromatic carbocycles. The minimum Gasteiger partial charge on any atom is -0.340 e. The number of fused-ring (bicyclic) bond motifs is 1. The van der Waals surface area contributed by atoms with Gasteiger partial charge in [0.2, 0.25) is 0 Å². The molecule has 2 heterocycles. The van der Waals surface area contributed by atoms with Gasteiger partial charge in [-0.05, 0) is 49.6 Å². The number of nitrogens with one attached hydrogen (secondary N) is 3. The van der Waals surface area contributed by atoms with Crippen molar-refractivity contribution in [2.45, 2.75) is 38.4 Å². The number of imidazole rings is 1. The molecule has 1 aliphatic rings. The summed E-state index contributed by atoms with van der Waals surface area (Å²) in [5.74, 6) is 0.763. The number of hydrogen-bond donors (Lipinski definition) is 3. The highest BCUT2D eigenvalue weighted by atomic mass is 35.5. The van der Waals surface area contributed by atoms with E-state index >= 15 is 0 Å². The van der Waals surface area contributed by atoms with Crippen LogP contribution in [0.3, 0.4) is 0 Å². The fourth-order valence-electron chi connectivity index (χ4n) is 3.75. The van der Waals surface area contributed by atoms with Gasteiger partial charge >= 0.3 is 6.03 Å². The highest BCUT2D eigenvalue weighted by Crippen LogP contribution is 2.17. The fraction of sp³-hybridized carbons (Fsp3) is 0.364. The van der Waals surface area contributed by atoms with E-state index in [2.05, 4.69) is 37.6 Å². The SMILES string of the molecule is CC(NC(=O)NC1CCN(Cc2ccc(Cl)cc2)CC1)c1nc2ccccc2[nH]1. The Hall–Kier alpha value is -2.57. The summed E-state index contributed by atoms with van der Waals surface area (Å²) in [5, 5.41) is 6.86. The lowest BCUT2D eigenvalue weighted by molar-refractivity contribution is 0.185. The number of carbonyl (C=O) groups excluding carboxylic acids is 1. The van der Waals surface area contributed by atoms with Gasteiger partial charge in [0.15, 0.2) is 0 Å². The van der Waals surface area contributed by atoms with E-state index in [-0.39, 0.29) is 18.1 Å². The number of aromatic amines is 1. The molecule has 1 saturated heterocycles. The smallest absolute Gasteiger partial charge is 0.315 e. The van der Waals surface area contributed by atoms with Crippen LogP contribution >= 0.6 is 11.6 Å². The van der Waals surface area contributed by atoms with Crippen LogP contribution < -0.4 is 10.6 Å². The van der Waals surface area contributed by atoms with Crippen molar-refractivity contribution in [2.75, 3.05) is 13.1 Å². The zero-order valence-corrected chi connectivity index (χ0v) is 17.2. The molecule has 1 atom stereocenters. The molecule has 29 heavy (non-hydrogen) atoms. The first-order chi connectivity index (χ1) is 14.1. The van der Waals surface area contributed by atoms with Gasteiger partial charge in [-0.15, -0.1) is 0 Å². The second kappa shape index (κ2) is 8.84. The molecular formula is C22H26ClN5O. The Morgan fingerprint density at radius 2 is 1.93 bits per heavy atom. The summed E-state index contributed by atoms with van der Waals surface area (Å²) in [6, 6.07) is 15.7. The van der Waals surface area contributed by atoms with E-state index in [4.69, 9.17) is 11.6 Å². The maximum absolute atomic E-state index is 12.4. The zero-order chi connectivity index (χ0) is 20.2. The predicted octanol–water partition coefficient (Wildman–Crippen LogP) is 4.24. The lowest BCUT2D eigenvalue weighted by Crippen LogP contribution is -2.48. The largest absolute Gasteiger partial charge is 0.340 e. The number of benzene rings is 2. The van der Waals surface area contributed by atoms with E-state index in [1.54, 1.807) is 0 Å². The average Bonchev–Trinajstić information content (AvgIpc) is 3.16. The summed E-state index contributed by atoms with van der Waals surface area (Å²) in [5.41, 5.74) is 3.15. The van der Waals surface area contributed by atoms with Gasteiger partial charge in [0, 0.05) is 30.7 Å². The molecule has 1 aromatic heterocycles. The molecule has 1 fully saturated rings. The summed E-state index contributed by atoms with van der Waals surface area (Å²) in [6.45, 7) is 4.78. The maximum atomic E-state index is 12.4. The molecule has 0 spiro atoms. The number of hydrogen-bond acceptors (Lipinski definition) is 3. The lowest BCUT2D eigenvalue weighted by atomic mass is 10.0. The third-order valence-electron chi connectivity index (χ3n) is 5.41. The second-order valence-corrected chi connectivity index (χ2v) is 8.09. The molecule has 1 aliphatic heterocycles. The Labute approximate surface area is 175 Å². The standard InChI is InChI=1S/C22H26ClN5O/c1-15(21-26-19-4-2-3-5-20(19)27-21)24-22(29)25-18-10-12-28(13-11-18)14-16-6-8-17(23)9-7-16/h2-9,15,18H,10-14H2,1H3,(H,26,27)(H2,24,25,29). The highest BCUT2D eigenvalue weighted by molar-refractivity contribution is 6.30. The van der Waals surface area contributed by atoms with E-state index in [0.717, 1.165) is 54.4 Å². The fourth-order valence-corrected chi connectivity index (χ4v) is 3.88. The Morgan fingerprint density at radius 1 is 1.21 bits per heavy atom. The number of para-hydroxylation sites is 2. The van der Waals surface area contributed by atoms with Crippen molar-refractivity contribution in [2.24, 2.45) is 0 Å². The number of rotatable bonds is 5. The number of aromatic nitrogens is 2. The Morgan fingerprint density at radius 3 is 2.66 bits per heavy atom. The van der Waals surface area contributed by atoms with Crippen LogP contribution in [0.4, 0.5) is 4.79 Å². The molecule has 4 rings (SSSR count). The van der Waals surface area contributed by atoms with E-state index in [1.807, 2.05) is 43.3 Å². The quantitative estimate of drug-likeness (QED) is 0.587. The summed E-state index contributed by atoms with van der Waals surface area (Å²) < 4.78 is 0. The molecule has 0 bridgehead atoms. The van der Waals surface area contributed by atoms with Gasteiger partial charge in [-0.3, -0.25) is 4.90 Å². The summed E-state index contributed by atoms with van der Waals surface area (Å²) in [6.07, 6.45) is 1.89. The number of amides is 2. The van der Waals surface area contributed by atoms with Gasteiger partial charge in [-0.2, -0.15) is 0 Å². The van der Waals surface area contributed by atoms with Crippen LogP contribution in [-0.2, 0) is 6.54 Å². The Bertz CT molecular complexity index is 930. The number of nitrogens with zero attached hydrogens (tertiary/aromatic N) is 2. The minimum atomic E-state index is -0.188. The van der Waals surface area contributed by atoms with Crippen LogP contribution in [0.1, 0.15) is 37.2 Å². The van der Waals surface area contributed by atoms with Gasteiger partial charge in [0.25, 0.3) is 0 Å². The van der Waals surface area contributed by atoms with E-state index in [9.17, 15) is 4.79 Å².